The third-order valence-corrected chi connectivity index (χ3v) is 1.03. The molecule has 3 nitrogen and oxygen atoms in total. The highest BCUT2D eigenvalue weighted by Crippen LogP contribution is 1.86. The van der Waals surface area contributed by atoms with Gasteiger partial charge in [-0.2, -0.15) is 0 Å². The molecule has 0 unspecified atom stereocenters. The van der Waals surface area contributed by atoms with Crippen LogP contribution in [0.5, 0.6) is 0 Å². The van der Waals surface area contributed by atoms with Gasteiger partial charge in [-0.1, -0.05) is 6.92 Å². The Kier molecular flexibility index (Phi) is 3.67. The molecule has 0 bridgehead atoms. The van der Waals surface area contributed by atoms with Crippen LogP contribution in [0.2, 0.25) is 0 Å². The van der Waals surface area contributed by atoms with Crippen molar-refractivity contribution in [1.82, 2.24) is 0 Å². The van der Waals surface area contributed by atoms with Gasteiger partial charge >= 0.3 is 5.97 Å². The van der Waals surface area contributed by atoms with E-state index in [4.69, 9.17) is 0 Å². The van der Waals surface area contributed by atoms with Gasteiger partial charge in [-0.3, -0.25) is 4.99 Å². The number of hydrogen-bond acceptors (Lipinski definition) is 3. The van der Waals surface area contributed by atoms with Crippen molar-refractivity contribution in [3.8, 4) is 0 Å². The third-order valence-electron chi connectivity index (χ3n) is 1.03. The van der Waals surface area contributed by atoms with E-state index in [9.17, 15) is 4.79 Å². The number of carbonyl (C=O) groups excluding carboxylic acids is 1. The third kappa shape index (κ3) is 2.26. The van der Waals surface area contributed by atoms with Gasteiger partial charge < -0.3 is 4.74 Å². The van der Waals surface area contributed by atoms with Gasteiger partial charge in [-0.15, -0.1) is 0 Å². The number of aliphatic imine (C=N–C) groups is 1. The number of rotatable bonds is 2. The van der Waals surface area contributed by atoms with Crippen molar-refractivity contribution in [2.45, 2.75) is 13.3 Å². The van der Waals surface area contributed by atoms with Crippen molar-refractivity contribution < 1.29 is 9.53 Å². The first-order valence-corrected chi connectivity index (χ1v) is 2.80. The molecule has 0 saturated heterocycles. The van der Waals surface area contributed by atoms with E-state index in [1.165, 1.54) is 7.11 Å². The molecule has 0 aliphatic heterocycles. The SMILES string of the molecule is CCC(=NC)C(=O)OC. The summed E-state index contributed by atoms with van der Waals surface area (Å²) in [6.07, 6.45) is 0.628. The van der Waals surface area contributed by atoms with Crippen molar-refractivity contribution in [1.29, 1.82) is 0 Å². The molecular weight excluding hydrogens is 118 g/mol. The fourth-order valence-electron chi connectivity index (χ4n) is 0.512. The van der Waals surface area contributed by atoms with Crippen LogP contribution < -0.4 is 0 Å². The lowest BCUT2D eigenvalue weighted by molar-refractivity contribution is -0.132. The maximum atomic E-state index is 10.6. The van der Waals surface area contributed by atoms with Crippen LogP contribution in [0.25, 0.3) is 0 Å². The second kappa shape index (κ2) is 4.06. The lowest BCUT2D eigenvalue weighted by atomic mass is 10.3. The highest BCUT2D eigenvalue weighted by molar-refractivity contribution is 6.36. The quantitative estimate of drug-likeness (QED) is 0.405. The van der Waals surface area contributed by atoms with Gasteiger partial charge in [-0.05, 0) is 6.42 Å². The minimum atomic E-state index is -0.333. The van der Waals surface area contributed by atoms with Crippen LogP contribution in [-0.2, 0) is 9.53 Å². The van der Waals surface area contributed by atoms with E-state index in [1.807, 2.05) is 6.92 Å². The summed E-state index contributed by atoms with van der Waals surface area (Å²) < 4.78 is 4.42. The maximum Gasteiger partial charge on any atom is 0.351 e. The Hall–Kier alpha value is -0.860. The Morgan fingerprint density at radius 3 is 2.33 bits per heavy atom. The topological polar surface area (TPSA) is 38.7 Å². The van der Waals surface area contributed by atoms with Crippen LogP contribution >= 0.6 is 0 Å². The highest BCUT2D eigenvalue weighted by Gasteiger charge is 2.05. The number of esters is 1. The Labute approximate surface area is 54.7 Å². The molecule has 0 spiro atoms. The van der Waals surface area contributed by atoms with Gasteiger partial charge in [0, 0.05) is 7.05 Å². The summed E-state index contributed by atoms with van der Waals surface area (Å²) in [6, 6.07) is 0. The van der Waals surface area contributed by atoms with E-state index in [0.717, 1.165) is 0 Å². The normalized spacial score (nSPS) is 11.2. The molecule has 0 amide bonds. The van der Waals surface area contributed by atoms with Gasteiger partial charge in [0.15, 0.2) is 0 Å². The van der Waals surface area contributed by atoms with E-state index in [0.29, 0.717) is 12.1 Å². The molecule has 52 valence electrons. The molecule has 0 heterocycles. The number of ether oxygens (including phenoxy) is 1. The lowest BCUT2D eigenvalue weighted by Gasteiger charge is -1.96. The van der Waals surface area contributed by atoms with Crippen molar-refractivity contribution >= 4 is 11.7 Å². The molecule has 9 heavy (non-hydrogen) atoms. The zero-order valence-corrected chi connectivity index (χ0v) is 5.97. The molecule has 3 heteroatoms. The Morgan fingerprint density at radius 2 is 2.22 bits per heavy atom. The standard InChI is InChI=1S/C6H11NO2/c1-4-5(7-2)6(8)9-3/h4H2,1-3H3. The van der Waals surface area contributed by atoms with Gasteiger partial charge in [-0.25, -0.2) is 4.79 Å². The van der Waals surface area contributed by atoms with Gasteiger partial charge in [0.25, 0.3) is 0 Å². The minimum Gasteiger partial charge on any atom is -0.465 e. The van der Waals surface area contributed by atoms with Crippen molar-refractivity contribution in [2.24, 2.45) is 4.99 Å². The van der Waals surface area contributed by atoms with Crippen molar-refractivity contribution in [3.05, 3.63) is 0 Å². The number of hydrogen-bond donors (Lipinski definition) is 0. The van der Waals surface area contributed by atoms with E-state index in [2.05, 4.69) is 9.73 Å². The molecule has 0 atom stereocenters. The molecule has 0 saturated carbocycles. The number of nitrogens with zero attached hydrogens (tertiary/aromatic N) is 1. The molecule has 0 aliphatic carbocycles. The summed E-state index contributed by atoms with van der Waals surface area (Å²) in [5.74, 6) is -0.333. The molecule has 0 rings (SSSR count). The summed E-state index contributed by atoms with van der Waals surface area (Å²) in [4.78, 5) is 14.3. The average molecular weight is 129 g/mol. The molecule has 0 N–H and O–H groups in total. The molecule has 0 radical (unpaired) electrons. The molecule has 0 aromatic carbocycles. The fourth-order valence-corrected chi connectivity index (χ4v) is 0.512. The summed E-state index contributed by atoms with van der Waals surface area (Å²) in [5.41, 5.74) is 0.484. The monoisotopic (exact) mass is 129 g/mol. The smallest absolute Gasteiger partial charge is 0.351 e. The van der Waals surface area contributed by atoms with E-state index < -0.39 is 0 Å². The van der Waals surface area contributed by atoms with E-state index >= 15 is 0 Å². The first-order valence-electron chi connectivity index (χ1n) is 2.80. The van der Waals surface area contributed by atoms with Crippen LogP contribution in [-0.4, -0.2) is 25.8 Å². The van der Waals surface area contributed by atoms with E-state index in [1.54, 1.807) is 7.05 Å². The van der Waals surface area contributed by atoms with Gasteiger partial charge in [0.05, 0.1) is 7.11 Å². The fraction of sp³-hybridized carbons (Fsp3) is 0.667. The highest BCUT2D eigenvalue weighted by atomic mass is 16.5. The first-order chi connectivity index (χ1) is 4.26. The summed E-state index contributed by atoms with van der Waals surface area (Å²) >= 11 is 0. The largest absolute Gasteiger partial charge is 0.465 e. The molecular formula is C6H11NO2. The van der Waals surface area contributed by atoms with Crippen LogP contribution in [0.3, 0.4) is 0 Å². The zero-order valence-electron chi connectivity index (χ0n) is 5.97. The predicted octanol–water partition coefficient (Wildman–Crippen LogP) is 0.640. The molecule has 0 aliphatic rings. The Balaban J connectivity index is 3.97. The number of carbonyl (C=O) groups is 1. The second-order valence-corrected chi connectivity index (χ2v) is 1.52. The van der Waals surface area contributed by atoms with Crippen LogP contribution in [0.15, 0.2) is 4.99 Å². The summed E-state index contributed by atoms with van der Waals surface area (Å²) in [5, 5.41) is 0. The molecule has 0 aromatic rings. The van der Waals surface area contributed by atoms with Crippen LogP contribution in [0.4, 0.5) is 0 Å². The molecule has 0 aromatic heterocycles. The Bertz CT molecular complexity index is 129. The minimum absolute atomic E-state index is 0.333. The van der Waals surface area contributed by atoms with Crippen LogP contribution in [0.1, 0.15) is 13.3 Å². The molecule has 0 fully saturated rings. The van der Waals surface area contributed by atoms with Gasteiger partial charge in [0.1, 0.15) is 5.71 Å². The maximum absolute atomic E-state index is 10.6. The lowest BCUT2D eigenvalue weighted by Crippen LogP contribution is -2.14. The first kappa shape index (κ1) is 8.14. The zero-order chi connectivity index (χ0) is 7.28. The van der Waals surface area contributed by atoms with Crippen molar-refractivity contribution in [2.75, 3.05) is 14.2 Å². The summed E-state index contributed by atoms with van der Waals surface area (Å²) in [7, 11) is 2.93. The summed E-state index contributed by atoms with van der Waals surface area (Å²) in [6.45, 7) is 1.86. The van der Waals surface area contributed by atoms with Gasteiger partial charge in [0.2, 0.25) is 0 Å². The van der Waals surface area contributed by atoms with Crippen molar-refractivity contribution in [3.63, 3.8) is 0 Å². The second-order valence-electron chi connectivity index (χ2n) is 1.52. The van der Waals surface area contributed by atoms with Crippen LogP contribution in [0, 0.1) is 0 Å². The number of methoxy groups -OCH3 is 1. The van der Waals surface area contributed by atoms with E-state index in [-0.39, 0.29) is 5.97 Å². The predicted molar refractivity (Wildman–Crippen MR) is 35.7 cm³/mol. The average Bonchev–Trinajstić information content (AvgIpc) is 1.90. The Morgan fingerprint density at radius 1 is 1.67 bits per heavy atom.